The number of aromatic nitrogens is 1. The second-order valence-corrected chi connectivity index (χ2v) is 5.98. The van der Waals surface area contributed by atoms with E-state index in [1.807, 2.05) is 44.2 Å². The predicted octanol–water partition coefficient (Wildman–Crippen LogP) is 3.71. The maximum atomic E-state index is 12.7. The number of fused-ring (bicyclic) bond motifs is 1. The van der Waals surface area contributed by atoms with Crippen LogP contribution in [0.25, 0.3) is 10.8 Å². The third-order valence-electron chi connectivity index (χ3n) is 3.73. The molecule has 2 aromatic carbocycles. The van der Waals surface area contributed by atoms with Gasteiger partial charge in [0.05, 0.1) is 24.3 Å². The van der Waals surface area contributed by atoms with Crippen molar-refractivity contribution in [2.75, 3.05) is 0 Å². The Morgan fingerprint density at radius 3 is 2.75 bits per heavy atom. The number of hydrogen-bond donors (Lipinski definition) is 0. The molecule has 0 aliphatic carbocycles. The molecular weight excluding hydrogens is 300 g/mol. The van der Waals surface area contributed by atoms with Crippen molar-refractivity contribution in [1.82, 2.24) is 4.57 Å². The van der Waals surface area contributed by atoms with Crippen molar-refractivity contribution in [3.63, 3.8) is 0 Å². The first kappa shape index (κ1) is 15.8. The Balaban J connectivity index is 1.97. The van der Waals surface area contributed by atoms with E-state index in [0.717, 1.165) is 16.7 Å². The van der Waals surface area contributed by atoms with E-state index in [1.165, 1.54) is 0 Å². The molecule has 0 saturated heterocycles. The van der Waals surface area contributed by atoms with Gasteiger partial charge < -0.3 is 9.30 Å². The van der Waals surface area contributed by atoms with Crippen LogP contribution in [0.4, 0.5) is 0 Å². The van der Waals surface area contributed by atoms with Gasteiger partial charge in [-0.25, -0.2) is 0 Å². The van der Waals surface area contributed by atoms with E-state index in [4.69, 9.17) is 10.00 Å². The van der Waals surface area contributed by atoms with Crippen molar-refractivity contribution < 1.29 is 4.74 Å². The lowest BCUT2D eigenvalue weighted by molar-refractivity contribution is 0.243. The number of hydrogen-bond acceptors (Lipinski definition) is 3. The highest BCUT2D eigenvalue weighted by Gasteiger charge is 2.06. The lowest BCUT2D eigenvalue weighted by Gasteiger charge is -2.11. The van der Waals surface area contributed by atoms with E-state index in [2.05, 4.69) is 6.07 Å². The van der Waals surface area contributed by atoms with Crippen LogP contribution in [0.15, 0.2) is 59.5 Å². The topological polar surface area (TPSA) is 55.0 Å². The fraction of sp³-hybridized carbons (Fsp3) is 0.200. The standard InChI is InChI=1S/C20H18N2O2/c1-14(2)24-18-6-7-19-17(11-18)8-9-22(20(19)23)13-16-5-3-4-15(10-16)12-21/h3-11,14H,13H2,1-2H3. The fourth-order valence-electron chi connectivity index (χ4n) is 2.67. The summed E-state index contributed by atoms with van der Waals surface area (Å²) in [6.07, 6.45) is 1.87. The molecule has 0 aliphatic heterocycles. The number of nitriles is 1. The fourth-order valence-corrected chi connectivity index (χ4v) is 2.67. The molecule has 0 unspecified atom stereocenters. The Morgan fingerprint density at radius 1 is 1.17 bits per heavy atom. The van der Waals surface area contributed by atoms with Crippen LogP contribution in [-0.2, 0) is 6.54 Å². The summed E-state index contributed by atoms with van der Waals surface area (Å²) in [6.45, 7) is 4.38. The van der Waals surface area contributed by atoms with E-state index >= 15 is 0 Å². The van der Waals surface area contributed by atoms with E-state index in [1.54, 1.807) is 29.0 Å². The van der Waals surface area contributed by atoms with E-state index in [9.17, 15) is 4.79 Å². The molecule has 1 heterocycles. The average molecular weight is 318 g/mol. The Hall–Kier alpha value is -3.06. The molecule has 0 amide bonds. The van der Waals surface area contributed by atoms with Crippen molar-refractivity contribution in [3.05, 3.63) is 76.2 Å². The molecule has 3 rings (SSSR count). The normalized spacial score (nSPS) is 10.8. The van der Waals surface area contributed by atoms with Crippen molar-refractivity contribution >= 4 is 10.8 Å². The van der Waals surface area contributed by atoms with Crippen LogP contribution >= 0.6 is 0 Å². The molecule has 3 aromatic rings. The number of ether oxygens (including phenoxy) is 1. The van der Waals surface area contributed by atoms with Gasteiger partial charge in [-0.15, -0.1) is 0 Å². The highest BCUT2D eigenvalue weighted by atomic mass is 16.5. The zero-order valence-corrected chi connectivity index (χ0v) is 13.7. The van der Waals surface area contributed by atoms with Crippen LogP contribution in [0.1, 0.15) is 25.0 Å². The molecule has 1 aromatic heterocycles. The summed E-state index contributed by atoms with van der Waals surface area (Å²) in [5.41, 5.74) is 1.47. The van der Waals surface area contributed by atoms with Crippen molar-refractivity contribution in [3.8, 4) is 11.8 Å². The lowest BCUT2D eigenvalue weighted by atomic mass is 10.1. The molecule has 0 aliphatic rings. The minimum Gasteiger partial charge on any atom is -0.491 e. The van der Waals surface area contributed by atoms with Gasteiger partial charge in [0, 0.05) is 11.6 Å². The van der Waals surface area contributed by atoms with Gasteiger partial charge >= 0.3 is 0 Å². The van der Waals surface area contributed by atoms with Crippen molar-refractivity contribution in [2.45, 2.75) is 26.5 Å². The number of benzene rings is 2. The predicted molar refractivity (Wildman–Crippen MR) is 94.2 cm³/mol. The SMILES string of the molecule is CC(C)Oc1ccc2c(=O)n(Cc3cccc(C#N)c3)ccc2c1. The molecule has 0 saturated carbocycles. The number of rotatable bonds is 4. The molecule has 120 valence electrons. The molecule has 0 bridgehead atoms. The van der Waals surface area contributed by atoms with Crippen LogP contribution < -0.4 is 10.3 Å². The van der Waals surface area contributed by atoms with Gasteiger partial charge in [0.15, 0.2) is 0 Å². The van der Waals surface area contributed by atoms with Crippen molar-refractivity contribution in [2.24, 2.45) is 0 Å². The van der Waals surface area contributed by atoms with Gasteiger partial charge in [-0.3, -0.25) is 4.79 Å². The summed E-state index contributed by atoms with van der Waals surface area (Å²) in [4.78, 5) is 12.7. The first-order valence-electron chi connectivity index (χ1n) is 7.86. The van der Waals surface area contributed by atoms with E-state index in [-0.39, 0.29) is 11.7 Å². The molecule has 0 fully saturated rings. The van der Waals surface area contributed by atoms with Gasteiger partial charge in [0.25, 0.3) is 5.56 Å². The minimum atomic E-state index is -0.0500. The molecule has 0 N–H and O–H groups in total. The summed E-state index contributed by atoms with van der Waals surface area (Å²) >= 11 is 0. The first-order valence-corrected chi connectivity index (χ1v) is 7.86. The van der Waals surface area contributed by atoms with E-state index < -0.39 is 0 Å². The van der Waals surface area contributed by atoms with Crippen LogP contribution in [0.3, 0.4) is 0 Å². The Bertz CT molecular complexity index is 981. The summed E-state index contributed by atoms with van der Waals surface area (Å²) < 4.78 is 7.33. The molecular formula is C20H18N2O2. The number of nitrogens with zero attached hydrogens (tertiary/aromatic N) is 2. The molecule has 0 atom stereocenters. The summed E-state index contributed by atoms with van der Waals surface area (Å²) in [5, 5.41) is 10.5. The monoisotopic (exact) mass is 318 g/mol. The maximum Gasteiger partial charge on any atom is 0.258 e. The lowest BCUT2D eigenvalue weighted by Crippen LogP contribution is -2.20. The number of pyridine rings is 1. The van der Waals surface area contributed by atoms with Gasteiger partial charge in [0.2, 0.25) is 0 Å². The van der Waals surface area contributed by atoms with E-state index in [0.29, 0.717) is 17.5 Å². The third-order valence-corrected chi connectivity index (χ3v) is 3.73. The zero-order chi connectivity index (χ0) is 17.1. The largest absolute Gasteiger partial charge is 0.491 e. The van der Waals surface area contributed by atoms with Gasteiger partial charge in [-0.05, 0) is 61.2 Å². The molecule has 0 spiro atoms. The minimum absolute atomic E-state index is 0.0500. The summed E-state index contributed by atoms with van der Waals surface area (Å²) in [5.74, 6) is 0.761. The Kier molecular flexibility index (Phi) is 4.35. The van der Waals surface area contributed by atoms with Crippen LogP contribution in [-0.4, -0.2) is 10.7 Å². The quantitative estimate of drug-likeness (QED) is 0.737. The highest BCUT2D eigenvalue weighted by molar-refractivity contribution is 5.82. The van der Waals surface area contributed by atoms with Crippen LogP contribution in [0.2, 0.25) is 0 Å². The van der Waals surface area contributed by atoms with Crippen LogP contribution in [0.5, 0.6) is 5.75 Å². The molecule has 4 nitrogen and oxygen atoms in total. The molecule has 4 heteroatoms. The summed E-state index contributed by atoms with van der Waals surface area (Å²) in [6, 6.07) is 16.8. The summed E-state index contributed by atoms with van der Waals surface area (Å²) in [7, 11) is 0. The second-order valence-electron chi connectivity index (χ2n) is 5.98. The van der Waals surface area contributed by atoms with Gasteiger partial charge in [-0.2, -0.15) is 5.26 Å². The van der Waals surface area contributed by atoms with Crippen molar-refractivity contribution in [1.29, 1.82) is 5.26 Å². The molecule has 24 heavy (non-hydrogen) atoms. The molecule has 0 radical (unpaired) electrons. The highest BCUT2D eigenvalue weighted by Crippen LogP contribution is 2.19. The first-order chi connectivity index (χ1) is 11.6. The van der Waals surface area contributed by atoms with Gasteiger partial charge in [-0.1, -0.05) is 12.1 Å². The zero-order valence-electron chi connectivity index (χ0n) is 13.7. The van der Waals surface area contributed by atoms with Gasteiger partial charge in [0.1, 0.15) is 5.75 Å². The smallest absolute Gasteiger partial charge is 0.258 e. The maximum absolute atomic E-state index is 12.7. The Morgan fingerprint density at radius 2 is 2.00 bits per heavy atom. The Labute approximate surface area is 140 Å². The second kappa shape index (κ2) is 6.59. The van der Waals surface area contributed by atoms with Crippen LogP contribution in [0, 0.1) is 11.3 Å². The average Bonchev–Trinajstić information content (AvgIpc) is 2.57. The third kappa shape index (κ3) is 3.31.